The lowest BCUT2D eigenvalue weighted by Crippen LogP contribution is -2.41. The van der Waals surface area contributed by atoms with Crippen molar-refractivity contribution < 1.29 is 9.13 Å². The zero-order valence-electron chi connectivity index (χ0n) is 11.9. The SMILES string of the molecule is COc1ccc(N2CCCNC(C(C)C)C2)cc1F. The topological polar surface area (TPSA) is 24.5 Å². The van der Waals surface area contributed by atoms with Gasteiger partial charge in [-0.25, -0.2) is 4.39 Å². The highest BCUT2D eigenvalue weighted by molar-refractivity contribution is 5.50. The summed E-state index contributed by atoms with van der Waals surface area (Å²) in [5.74, 6) is 0.583. The summed E-state index contributed by atoms with van der Waals surface area (Å²) in [6.45, 7) is 7.34. The summed E-state index contributed by atoms with van der Waals surface area (Å²) in [5.41, 5.74) is 0.938. The van der Waals surface area contributed by atoms with Crippen LogP contribution >= 0.6 is 0 Å². The van der Waals surface area contributed by atoms with Crippen molar-refractivity contribution in [3.05, 3.63) is 24.0 Å². The fourth-order valence-electron chi connectivity index (χ4n) is 2.48. The van der Waals surface area contributed by atoms with E-state index in [0.29, 0.717) is 17.7 Å². The number of hydrogen-bond donors (Lipinski definition) is 1. The van der Waals surface area contributed by atoms with Crippen molar-refractivity contribution in [3.8, 4) is 5.75 Å². The fraction of sp³-hybridized carbons (Fsp3) is 0.600. The summed E-state index contributed by atoms with van der Waals surface area (Å²) in [4.78, 5) is 2.26. The first-order valence-electron chi connectivity index (χ1n) is 6.93. The number of rotatable bonds is 3. The van der Waals surface area contributed by atoms with E-state index in [1.165, 1.54) is 7.11 Å². The van der Waals surface area contributed by atoms with Crippen LogP contribution in [-0.4, -0.2) is 32.8 Å². The standard InChI is InChI=1S/C15H23FN2O/c1-11(2)14-10-18(8-4-7-17-14)12-5-6-15(19-3)13(16)9-12/h5-6,9,11,14,17H,4,7-8,10H2,1-3H3. The lowest BCUT2D eigenvalue weighted by molar-refractivity contribution is 0.386. The van der Waals surface area contributed by atoms with Gasteiger partial charge in [0.15, 0.2) is 11.6 Å². The number of ether oxygens (including phenoxy) is 1. The summed E-state index contributed by atoms with van der Waals surface area (Å²) in [7, 11) is 1.49. The van der Waals surface area contributed by atoms with Gasteiger partial charge in [0.2, 0.25) is 0 Å². The van der Waals surface area contributed by atoms with Crippen molar-refractivity contribution in [2.24, 2.45) is 5.92 Å². The predicted molar refractivity (Wildman–Crippen MR) is 76.4 cm³/mol. The summed E-state index contributed by atoms with van der Waals surface area (Å²) >= 11 is 0. The molecule has 1 aromatic carbocycles. The summed E-state index contributed by atoms with van der Waals surface area (Å²) in [6.07, 6.45) is 1.08. The molecule has 1 aliphatic rings. The maximum Gasteiger partial charge on any atom is 0.167 e. The second kappa shape index (κ2) is 6.24. The van der Waals surface area contributed by atoms with Crippen LogP contribution in [0.15, 0.2) is 18.2 Å². The van der Waals surface area contributed by atoms with Gasteiger partial charge in [-0.05, 0) is 31.0 Å². The molecule has 1 saturated heterocycles. The van der Waals surface area contributed by atoms with Crippen molar-refractivity contribution in [2.75, 3.05) is 31.6 Å². The summed E-state index contributed by atoms with van der Waals surface area (Å²) in [5, 5.41) is 3.56. The fourth-order valence-corrected chi connectivity index (χ4v) is 2.48. The molecule has 4 heteroatoms. The second-order valence-electron chi connectivity index (χ2n) is 5.42. The van der Waals surface area contributed by atoms with Gasteiger partial charge in [0, 0.05) is 30.9 Å². The van der Waals surface area contributed by atoms with Crippen LogP contribution in [0.2, 0.25) is 0 Å². The van der Waals surface area contributed by atoms with Gasteiger partial charge in [0.1, 0.15) is 0 Å². The van der Waals surface area contributed by atoms with E-state index >= 15 is 0 Å². The summed E-state index contributed by atoms with van der Waals surface area (Å²) < 4.78 is 18.8. The number of benzene rings is 1. The van der Waals surface area contributed by atoms with E-state index in [0.717, 1.165) is 31.7 Å². The molecular weight excluding hydrogens is 243 g/mol. The van der Waals surface area contributed by atoms with Crippen LogP contribution in [0.25, 0.3) is 0 Å². The van der Waals surface area contributed by atoms with E-state index in [1.807, 2.05) is 6.07 Å². The second-order valence-corrected chi connectivity index (χ2v) is 5.42. The zero-order valence-corrected chi connectivity index (χ0v) is 11.9. The van der Waals surface area contributed by atoms with Gasteiger partial charge in [-0.3, -0.25) is 0 Å². The first-order valence-corrected chi connectivity index (χ1v) is 6.93. The van der Waals surface area contributed by atoms with Crippen LogP contribution in [-0.2, 0) is 0 Å². The minimum atomic E-state index is -0.293. The molecule has 1 N–H and O–H groups in total. The van der Waals surface area contributed by atoms with Gasteiger partial charge in [-0.1, -0.05) is 13.8 Å². The van der Waals surface area contributed by atoms with Crippen LogP contribution in [0.4, 0.5) is 10.1 Å². The molecule has 1 fully saturated rings. The van der Waals surface area contributed by atoms with Crippen LogP contribution in [0.1, 0.15) is 20.3 Å². The normalized spacial score (nSPS) is 20.5. The zero-order chi connectivity index (χ0) is 13.8. The van der Waals surface area contributed by atoms with Crippen molar-refractivity contribution in [3.63, 3.8) is 0 Å². The molecule has 0 aliphatic carbocycles. The maximum absolute atomic E-state index is 13.8. The first kappa shape index (κ1) is 14.1. The molecule has 0 radical (unpaired) electrons. The number of nitrogens with zero attached hydrogens (tertiary/aromatic N) is 1. The van der Waals surface area contributed by atoms with Gasteiger partial charge in [-0.2, -0.15) is 0 Å². The third-order valence-electron chi connectivity index (χ3n) is 3.73. The van der Waals surface area contributed by atoms with Crippen molar-refractivity contribution in [1.29, 1.82) is 0 Å². The molecule has 1 unspecified atom stereocenters. The van der Waals surface area contributed by atoms with E-state index in [9.17, 15) is 4.39 Å². The lowest BCUT2D eigenvalue weighted by atomic mass is 10.0. The van der Waals surface area contributed by atoms with Crippen molar-refractivity contribution in [1.82, 2.24) is 5.32 Å². The van der Waals surface area contributed by atoms with Gasteiger partial charge in [0.25, 0.3) is 0 Å². The van der Waals surface area contributed by atoms with Gasteiger partial charge in [0.05, 0.1) is 7.11 Å². The Balaban J connectivity index is 2.17. The Bertz CT molecular complexity index is 423. The molecule has 19 heavy (non-hydrogen) atoms. The molecule has 0 bridgehead atoms. The third-order valence-corrected chi connectivity index (χ3v) is 3.73. The molecule has 0 saturated carbocycles. The van der Waals surface area contributed by atoms with E-state index in [-0.39, 0.29) is 5.82 Å². The van der Waals surface area contributed by atoms with Crippen LogP contribution in [0, 0.1) is 11.7 Å². The number of halogens is 1. The van der Waals surface area contributed by atoms with Crippen LogP contribution in [0.3, 0.4) is 0 Å². The quantitative estimate of drug-likeness (QED) is 0.910. The van der Waals surface area contributed by atoms with Crippen molar-refractivity contribution >= 4 is 5.69 Å². The number of hydrogen-bond acceptors (Lipinski definition) is 3. The largest absolute Gasteiger partial charge is 0.494 e. The monoisotopic (exact) mass is 266 g/mol. The maximum atomic E-state index is 13.8. The van der Waals surface area contributed by atoms with E-state index < -0.39 is 0 Å². The third kappa shape index (κ3) is 3.38. The van der Waals surface area contributed by atoms with Crippen LogP contribution in [0.5, 0.6) is 5.75 Å². The smallest absolute Gasteiger partial charge is 0.167 e. The highest BCUT2D eigenvalue weighted by Crippen LogP contribution is 2.25. The molecule has 106 valence electrons. The molecule has 1 aromatic rings. The average molecular weight is 266 g/mol. The van der Waals surface area contributed by atoms with E-state index in [4.69, 9.17) is 4.74 Å². The Morgan fingerprint density at radius 3 is 2.84 bits per heavy atom. The highest BCUT2D eigenvalue weighted by Gasteiger charge is 2.21. The molecule has 1 heterocycles. The predicted octanol–water partition coefficient (Wildman–Crippen LogP) is 2.66. The first-order chi connectivity index (χ1) is 9.11. The Morgan fingerprint density at radius 2 is 2.21 bits per heavy atom. The highest BCUT2D eigenvalue weighted by atomic mass is 19.1. The number of nitrogens with one attached hydrogen (secondary N) is 1. The Labute approximate surface area is 114 Å². The molecule has 1 aliphatic heterocycles. The Hall–Kier alpha value is -1.29. The molecule has 0 amide bonds. The van der Waals surface area contributed by atoms with Gasteiger partial charge < -0.3 is 15.0 Å². The molecule has 2 rings (SSSR count). The summed E-state index contributed by atoms with van der Waals surface area (Å²) in [6, 6.07) is 5.66. The van der Waals surface area contributed by atoms with Gasteiger partial charge >= 0.3 is 0 Å². The Morgan fingerprint density at radius 1 is 1.42 bits per heavy atom. The lowest BCUT2D eigenvalue weighted by Gasteiger charge is -2.28. The molecule has 1 atom stereocenters. The molecule has 3 nitrogen and oxygen atoms in total. The number of anilines is 1. The van der Waals surface area contributed by atoms with Crippen LogP contribution < -0.4 is 15.0 Å². The molecule has 0 spiro atoms. The minimum absolute atomic E-state index is 0.293. The number of methoxy groups -OCH3 is 1. The minimum Gasteiger partial charge on any atom is -0.494 e. The van der Waals surface area contributed by atoms with Gasteiger partial charge in [-0.15, -0.1) is 0 Å². The molecule has 0 aromatic heterocycles. The Kier molecular flexibility index (Phi) is 4.64. The van der Waals surface area contributed by atoms with E-state index in [2.05, 4.69) is 24.1 Å². The van der Waals surface area contributed by atoms with E-state index in [1.54, 1.807) is 12.1 Å². The molecular formula is C15H23FN2O. The van der Waals surface area contributed by atoms with Crippen molar-refractivity contribution in [2.45, 2.75) is 26.3 Å². The average Bonchev–Trinajstić information content (AvgIpc) is 2.64.